The maximum absolute atomic E-state index is 12.1. The number of esters is 1. The van der Waals surface area contributed by atoms with Crippen molar-refractivity contribution in [3.8, 4) is 16.3 Å². The predicted molar refractivity (Wildman–Crippen MR) is 99.4 cm³/mol. The van der Waals surface area contributed by atoms with Crippen LogP contribution in [0.3, 0.4) is 0 Å². The zero-order chi connectivity index (χ0) is 19.2. The van der Waals surface area contributed by atoms with Gasteiger partial charge in [0, 0.05) is 24.2 Å². The minimum atomic E-state index is -0.547. The van der Waals surface area contributed by atoms with Crippen LogP contribution in [0.15, 0.2) is 42.0 Å². The summed E-state index contributed by atoms with van der Waals surface area (Å²) in [6, 6.07) is 6.78. The fraction of sp³-hybridized carbons (Fsp3) is 0.222. The molecule has 0 atom stereocenters. The van der Waals surface area contributed by atoms with Gasteiger partial charge in [-0.2, -0.15) is 5.10 Å². The number of carbonyl (C=O) groups is 2. The van der Waals surface area contributed by atoms with Crippen molar-refractivity contribution in [1.29, 1.82) is 0 Å². The molecule has 0 fully saturated rings. The number of benzene rings is 1. The fourth-order valence-electron chi connectivity index (χ4n) is 2.32. The second-order valence-electron chi connectivity index (χ2n) is 5.59. The van der Waals surface area contributed by atoms with Gasteiger partial charge in [0.2, 0.25) is 0 Å². The van der Waals surface area contributed by atoms with E-state index in [0.717, 1.165) is 10.6 Å². The van der Waals surface area contributed by atoms with Crippen LogP contribution >= 0.6 is 11.3 Å². The average Bonchev–Trinajstić information content (AvgIpc) is 3.33. The molecule has 140 valence electrons. The molecule has 0 aliphatic rings. The van der Waals surface area contributed by atoms with Crippen LogP contribution in [0.5, 0.6) is 5.75 Å². The van der Waals surface area contributed by atoms with Crippen molar-refractivity contribution in [2.75, 3.05) is 13.7 Å². The lowest BCUT2D eigenvalue weighted by Crippen LogP contribution is -2.30. The maximum Gasteiger partial charge on any atom is 0.325 e. The molecule has 2 aromatic heterocycles. The molecule has 1 amide bonds. The Hall–Kier alpha value is -3.20. The molecule has 0 aliphatic heterocycles. The summed E-state index contributed by atoms with van der Waals surface area (Å²) in [5.74, 6) is -0.514. The van der Waals surface area contributed by atoms with E-state index in [1.165, 1.54) is 18.4 Å². The van der Waals surface area contributed by atoms with Crippen molar-refractivity contribution in [1.82, 2.24) is 20.1 Å². The van der Waals surface area contributed by atoms with Gasteiger partial charge in [0.25, 0.3) is 5.91 Å². The molecule has 0 aliphatic carbocycles. The first-order valence-corrected chi connectivity index (χ1v) is 8.95. The number of ether oxygens (including phenoxy) is 2. The van der Waals surface area contributed by atoms with Crippen LogP contribution in [0, 0.1) is 0 Å². The van der Waals surface area contributed by atoms with E-state index in [9.17, 15) is 9.59 Å². The number of aromatic nitrogens is 3. The number of nitrogens with one attached hydrogen (secondary N) is 1. The molecule has 0 saturated carbocycles. The number of aryl methyl sites for hydroxylation is 1. The largest absolute Gasteiger partial charge is 0.496 e. The Labute approximate surface area is 159 Å². The SMILES string of the molecule is COc1ccccc1C(=O)NCC(=O)OCc1csc(-c2cnn(C)c2)n1. The van der Waals surface area contributed by atoms with Crippen molar-refractivity contribution in [3.63, 3.8) is 0 Å². The third-order valence-corrected chi connectivity index (χ3v) is 4.57. The second-order valence-corrected chi connectivity index (χ2v) is 6.45. The highest BCUT2D eigenvalue weighted by Crippen LogP contribution is 2.23. The smallest absolute Gasteiger partial charge is 0.325 e. The van der Waals surface area contributed by atoms with Crippen LogP contribution < -0.4 is 10.1 Å². The quantitative estimate of drug-likeness (QED) is 0.624. The summed E-state index contributed by atoms with van der Waals surface area (Å²) in [5, 5.41) is 9.25. The monoisotopic (exact) mass is 386 g/mol. The highest BCUT2D eigenvalue weighted by atomic mass is 32.1. The van der Waals surface area contributed by atoms with Crippen molar-refractivity contribution in [3.05, 3.63) is 53.3 Å². The summed E-state index contributed by atoms with van der Waals surface area (Å²) in [6.45, 7) is -0.198. The first kappa shape index (κ1) is 18.6. The molecular formula is C18H18N4O4S. The normalized spacial score (nSPS) is 10.4. The topological polar surface area (TPSA) is 95.3 Å². The van der Waals surface area contributed by atoms with Gasteiger partial charge in [-0.3, -0.25) is 14.3 Å². The molecule has 0 spiro atoms. The van der Waals surface area contributed by atoms with E-state index in [-0.39, 0.29) is 13.2 Å². The Bertz CT molecular complexity index is 950. The number of hydrogen-bond donors (Lipinski definition) is 1. The fourth-order valence-corrected chi connectivity index (χ4v) is 3.10. The van der Waals surface area contributed by atoms with Gasteiger partial charge < -0.3 is 14.8 Å². The molecule has 27 heavy (non-hydrogen) atoms. The minimum Gasteiger partial charge on any atom is -0.496 e. The standard InChI is InChI=1S/C18H18N4O4S/c1-22-9-12(7-20-22)18-21-13(11-27-18)10-26-16(23)8-19-17(24)14-5-3-4-6-15(14)25-2/h3-7,9,11H,8,10H2,1-2H3,(H,19,24). The molecule has 0 unspecified atom stereocenters. The summed E-state index contributed by atoms with van der Waals surface area (Å²) in [4.78, 5) is 28.4. The van der Waals surface area contributed by atoms with Crippen molar-refractivity contribution < 1.29 is 19.1 Å². The Morgan fingerprint density at radius 2 is 2.11 bits per heavy atom. The summed E-state index contributed by atoms with van der Waals surface area (Å²) in [5.41, 5.74) is 1.90. The van der Waals surface area contributed by atoms with Gasteiger partial charge in [-0.25, -0.2) is 4.98 Å². The molecule has 1 aromatic carbocycles. The predicted octanol–water partition coefficient (Wildman–Crippen LogP) is 2.03. The van der Waals surface area contributed by atoms with Gasteiger partial charge in [0.05, 0.1) is 24.6 Å². The number of hydrogen-bond acceptors (Lipinski definition) is 7. The lowest BCUT2D eigenvalue weighted by Gasteiger charge is -2.08. The van der Waals surface area contributed by atoms with Gasteiger partial charge in [0.15, 0.2) is 0 Å². The second kappa shape index (κ2) is 8.45. The first-order chi connectivity index (χ1) is 13.1. The van der Waals surface area contributed by atoms with Crippen molar-refractivity contribution in [2.24, 2.45) is 7.05 Å². The van der Waals surface area contributed by atoms with Crippen molar-refractivity contribution >= 4 is 23.2 Å². The van der Waals surface area contributed by atoms with E-state index >= 15 is 0 Å². The highest BCUT2D eigenvalue weighted by Gasteiger charge is 2.14. The van der Waals surface area contributed by atoms with Gasteiger partial charge in [-0.05, 0) is 12.1 Å². The van der Waals surface area contributed by atoms with E-state index in [2.05, 4.69) is 15.4 Å². The number of nitrogens with zero attached hydrogens (tertiary/aromatic N) is 3. The van der Waals surface area contributed by atoms with E-state index in [1.807, 2.05) is 18.6 Å². The maximum atomic E-state index is 12.1. The van der Waals surface area contributed by atoms with E-state index < -0.39 is 11.9 Å². The summed E-state index contributed by atoms with van der Waals surface area (Å²) >= 11 is 1.45. The molecule has 2 heterocycles. The molecule has 1 N–H and O–H groups in total. The van der Waals surface area contributed by atoms with Crippen LogP contribution in [-0.4, -0.2) is 40.3 Å². The third-order valence-electron chi connectivity index (χ3n) is 3.63. The summed E-state index contributed by atoms with van der Waals surface area (Å²) < 4.78 is 12.0. The van der Waals surface area contributed by atoms with Gasteiger partial charge >= 0.3 is 5.97 Å². The third kappa shape index (κ3) is 4.70. The van der Waals surface area contributed by atoms with Crippen LogP contribution in [0.2, 0.25) is 0 Å². The number of thiazole rings is 1. The summed E-state index contributed by atoms with van der Waals surface area (Å²) in [7, 11) is 3.31. The van der Waals surface area contributed by atoms with Gasteiger partial charge in [-0.15, -0.1) is 11.3 Å². The number of methoxy groups -OCH3 is 1. The van der Waals surface area contributed by atoms with Crippen LogP contribution in [0.4, 0.5) is 0 Å². The van der Waals surface area contributed by atoms with Crippen LogP contribution in [0.25, 0.3) is 10.6 Å². The highest BCUT2D eigenvalue weighted by molar-refractivity contribution is 7.13. The molecule has 0 saturated heterocycles. The van der Waals surface area contributed by atoms with Gasteiger partial charge in [0.1, 0.15) is 23.9 Å². The number of para-hydroxylation sites is 1. The first-order valence-electron chi connectivity index (χ1n) is 8.07. The lowest BCUT2D eigenvalue weighted by atomic mass is 10.2. The van der Waals surface area contributed by atoms with Crippen molar-refractivity contribution in [2.45, 2.75) is 6.61 Å². The molecule has 8 nitrogen and oxygen atoms in total. The molecule has 3 aromatic rings. The number of carbonyl (C=O) groups excluding carboxylic acids is 2. The molecule has 3 rings (SSSR count). The molecule has 0 bridgehead atoms. The Balaban J connectivity index is 1.49. The molecule has 9 heteroatoms. The molecular weight excluding hydrogens is 368 g/mol. The van der Waals surface area contributed by atoms with E-state index in [1.54, 1.807) is 35.1 Å². The number of amides is 1. The minimum absolute atomic E-state index is 0.0418. The number of rotatable bonds is 7. The Morgan fingerprint density at radius 3 is 2.85 bits per heavy atom. The zero-order valence-electron chi connectivity index (χ0n) is 14.8. The van der Waals surface area contributed by atoms with Gasteiger partial charge in [-0.1, -0.05) is 12.1 Å². The summed E-state index contributed by atoms with van der Waals surface area (Å²) in [6.07, 6.45) is 3.59. The Morgan fingerprint density at radius 1 is 1.30 bits per heavy atom. The van der Waals surface area contributed by atoms with E-state index in [4.69, 9.17) is 9.47 Å². The lowest BCUT2D eigenvalue weighted by molar-refractivity contribution is -0.143. The van der Waals surface area contributed by atoms with E-state index in [0.29, 0.717) is 17.0 Å². The average molecular weight is 386 g/mol. The Kier molecular flexibility index (Phi) is 5.82. The van der Waals surface area contributed by atoms with Crippen LogP contribution in [-0.2, 0) is 23.2 Å². The molecule has 0 radical (unpaired) electrons. The van der Waals surface area contributed by atoms with Crippen LogP contribution in [0.1, 0.15) is 16.1 Å². The zero-order valence-corrected chi connectivity index (χ0v) is 15.7.